The minimum absolute atomic E-state index is 1.01. The van der Waals surface area contributed by atoms with Crippen LogP contribution in [0, 0.1) is 0 Å². The van der Waals surface area contributed by atoms with Crippen molar-refractivity contribution in [3.63, 3.8) is 0 Å². The van der Waals surface area contributed by atoms with Crippen molar-refractivity contribution in [1.82, 2.24) is 0 Å². The maximum absolute atomic E-state index is 2.45. The van der Waals surface area contributed by atoms with Gasteiger partial charge in [0.25, 0.3) is 0 Å². The first-order valence-electron chi connectivity index (χ1n) is 9.79. The molecule has 0 bridgehead atoms. The Hall–Kier alpha value is -2.58. The molecule has 0 N–H and O–H groups in total. The van der Waals surface area contributed by atoms with Crippen LogP contribution in [0.2, 0.25) is 0 Å². The molecule has 1 heteroatoms. The Labute approximate surface area is 174 Å². The monoisotopic (exact) mass is 468 g/mol. The van der Waals surface area contributed by atoms with Gasteiger partial charge < -0.3 is 0 Å². The minimum atomic E-state index is -2.45. The fraction of sp³-hybridized carbons (Fsp3) is 0.0370. The third kappa shape index (κ3) is 4.82. The van der Waals surface area contributed by atoms with E-state index in [1.54, 1.807) is 3.59 Å². The molecule has 0 heterocycles. The van der Waals surface area contributed by atoms with E-state index in [2.05, 4.69) is 127 Å². The first-order chi connectivity index (χ1) is 13.9. The Morgan fingerprint density at radius 2 is 0.964 bits per heavy atom. The van der Waals surface area contributed by atoms with Gasteiger partial charge in [0.2, 0.25) is 0 Å². The average Bonchev–Trinajstić information content (AvgIpc) is 2.77. The summed E-state index contributed by atoms with van der Waals surface area (Å²) in [5, 5.41) is 0. The van der Waals surface area contributed by atoms with Gasteiger partial charge in [-0.15, -0.1) is 0 Å². The molecule has 4 aromatic rings. The zero-order chi connectivity index (χ0) is 19.0. The summed E-state index contributed by atoms with van der Waals surface area (Å²) in [6.07, 6.45) is 3.47. The van der Waals surface area contributed by atoms with Crippen LogP contribution < -0.4 is 7.16 Å². The third-order valence-corrected chi connectivity index (χ3v) is 14.2. The van der Waals surface area contributed by atoms with Gasteiger partial charge >= 0.3 is 175 Å². The average molecular weight is 467 g/mol. The Balaban J connectivity index is 1.84. The summed E-state index contributed by atoms with van der Waals surface area (Å²) in [7, 11) is 0. The van der Waals surface area contributed by atoms with E-state index in [0.29, 0.717) is 0 Å². The second-order valence-electron chi connectivity index (χ2n) is 7.05. The summed E-state index contributed by atoms with van der Waals surface area (Å²) < 4.78 is 4.68. The van der Waals surface area contributed by atoms with Crippen molar-refractivity contribution in [3.8, 4) is 0 Å². The molecule has 0 saturated heterocycles. The molecule has 4 rings (SSSR count). The van der Waals surface area contributed by atoms with Crippen LogP contribution in [0.15, 0.2) is 125 Å². The van der Waals surface area contributed by atoms with Crippen LogP contribution in [0.25, 0.3) is 6.08 Å². The van der Waals surface area contributed by atoms with Crippen LogP contribution in [0.1, 0.15) is 11.1 Å². The molecule has 0 aliphatic heterocycles. The van der Waals surface area contributed by atoms with Gasteiger partial charge in [0, 0.05) is 0 Å². The van der Waals surface area contributed by atoms with Crippen LogP contribution in [0.4, 0.5) is 0 Å². The Kier molecular flexibility index (Phi) is 6.41. The zero-order valence-electron chi connectivity index (χ0n) is 15.9. The molecule has 0 atom stereocenters. The van der Waals surface area contributed by atoms with Crippen LogP contribution in [-0.2, 0) is 6.42 Å². The van der Waals surface area contributed by atoms with Gasteiger partial charge in [-0.1, -0.05) is 0 Å². The second kappa shape index (κ2) is 9.56. The van der Waals surface area contributed by atoms with E-state index in [-0.39, 0.29) is 0 Å². The summed E-state index contributed by atoms with van der Waals surface area (Å²) in [5.74, 6) is 0. The van der Waals surface area contributed by atoms with Crippen molar-refractivity contribution < 1.29 is 0 Å². The van der Waals surface area contributed by atoms with E-state index < -0.39 is 19.8 Å². The van der Waals surface area contributed by atoms with Crippen molar-refractivity contribution in [2.75, 3.05) is 0 Å². The molecule has 0 unspecified atom stereocenters. The standard InChI is InChI=1S/C15H13.2C6H5.Sn.H/c1-3-8-14(9-4-1)12-7-13-15-10-5-2-6-11-15;2*1-2-4-6-5-3-1;;/h1-6,8-12H,13H2;2*1-5H;;. The van der Waals surface area contributed by atoms with E-state index in [9.17, 15) is 0 Å². The summed E-state index contributed by atoms with van der Waals surface area (Å²) in [4.78, 5) is 0. The van der Waals surface area contributed by atoms with Crippen LogP contribution in [0.5, 0.6) is 0 Å². The van der Waals surface area contributed by atoms with Crippen molar-refractivity contribution >= 4 is 33.0 Å². The molecule has 0 aliphatic carbocycles. The van der Waals surface area contributed by atoms with Crippen molar-refractivity contribution in [3.05, 3.63) is 136 Å². The van der Waals surface area contributed by atoms with Crippen molar-refractivity contribution in [1.29, 1.82) is 0 Å². The number of hydrogen-bond donors (Lipinski definition) is 0. The molecule has 0 spiro atoms. The summed E-state index contributed by atoms with van der Waals surface area (Å²) in [6.45, 7) is 0. The second-order valence-corrected chi connectivity index (χ2v) is 15.4. The number of hydrogen-bond acceptors (Lipinski definition) is 0. The summed E-state index contributed by atoms with van der Waals surface area (Å²) in [6, 6.07) is 43.9. The Bertz CT molecular complexity index is 967. The molecule has 0 nitrogen and oxygen atoms in total. The quantitative estimate of drug-likeness (QED) is 0.355. The fourth-order valence-electron chi connectivity index (χ4n) is 3.74. The SMILES string of the molecule is C(=[C](Cc1ccccc1)[SnH]([c]1ccccc1)[c]1ccccc1)c1ccccc1. The van der Waals surface area contributed by atoms with Crippen molar-refractivity contribution in [2.45, 2.75) is 6.42 Å². The van der Waals surface area contributed by atoms with Gasteiger partial charge in [-0.2, -0.15) is 0 Å². The molecule has 4 aromatic carbocycles. The van der Waals surface area contributed by atoms with Gasteiger partial charge in [-0.05, 0) is 0 Å². The molecule has 0 saturated carbocycles. The van der Waals surface area contributed by atoms with Gasteiger partial charge in [0.05, 0.1) is 0 Å². The van der Waals surface area contributed by atoms with Crippen LogP contribution >= 0.6 is 0 Å². The van der Waals surface area contributed by atoms with E-state index in [1.807, 2.05) is 0 Å². The predicted octanol–water partition coefficient (Wildman–Crippen LogP) is 4.89. The van der Waals surface area contributed by atoms with Gasteiger partial charge in [0.1, 0.15) is 0 Å². The summed E-state index contributed by atoms with van der Waals surface area (Å²) >= 11 is -2.45. The molecule has 0 fully saturated rings. The predicted molar refractivity (Wildman–Crippen MR) is 124 cm³/mol. The maximum atomic E-state index is 2.45. The van der Waals surface area contributed by atoms with Crippen LogP contribution in [0.3, 0.4) is 0 Å². The fourth-order valence-corrected chi connectivity index (χ4v) is 13.0. The molecular weight excluding hydrogens is 443 g/mol. The Morgan fingerprint density at radius 3 is 1.46 bits per heavy atom. The zero-order valence-corrected chi connectivity index (χ0v) is 19.2. The van der Waals surface area contributed by atoms with E-state index in [4.69, 9.17) is 0 Å². The van der Waals surface area contributed by atoms with Gasteiger partial charge in [0.15, 0.2) is 0 Å². The molecule has 0 amide bonds. The van der Waals surface area contributed by atoms with E-state index in [1.165, 1.54) is 18.3 Å². The number of benzene rings is 4. The topological polar surface area (TPSA) is 0 Å². The molecule has 0 radical (unpaired) electrons. The summed E-state index contributed by atoms with van der Waals surface area (Å²) in [5.41, 5.74) is 2.68. The van der Waals surface area contributed by atoms with E-state index >= 15 is 0 Å². The normalized spacial score (nSPS) is 11.5. The number of allylic oxidation sites excluding steroid dienone is 1. The molecule has 136 valence electrons. The van der Waals surface area contributed by atoms with E-state index in [0.717, 1.165) is 6.42 Å². The van der Waals surface area contributed by atoms with Gasteiger partial charge in [-0.3, -0.25) is 0 Å². The molecular formula is C27H24Sn. The third-order valence-electron chi connectivity index (χ3n) is 5.04. The van der Waals surface area contributed by atoms with Gasteiger partial charge in [-0.25, -0.2) is 0 Å². The first-order valence-corrected chi connectivity index (χ1v) is 14.7. The molecule has 28 heavy (non-hydrogen) atoms. The number of rotatable bonds is 6. The first kappa shape index (κ1) is 18.8. The molecule has 0 aliphatic rings. The molecule has 0 aromatic heterocycles. The van der Waals surface area contributed by atoms with Crippen molar-refractivity contribution in [2.24, 2.45) is 0 Å². The Morgan fingerprint density at radius 1 is 0.536 bits per heavy atom. The van der Waals surface area contributed by atoms with Crippen LogP contribution in [-0.4, -0.2) is 19.8 Å².